The van der Waals surface area contributed by atoms with E-state index in [4.69, 9.17) is 4.98 Å². The molecule has 1 aliphatic carbocycles. The van der Waals surface area contributed by atoms with E-state index >= 15 is 0 Å². The first-order valence-corrected chi connectivity index (χ1v) is 10.3. The highest BCUT2D eigenvalue weighted by atomic mass is 16.3. The van der Waals surface area contributed by atoms with Crippen LogP contribution in [0, 0.1) is 6.92 Å². The summed E-state index contributed by atoms with van der Waals surface area (Å²) in [6, 6.07) is 8.76. The molecule has 5 rings (SSSR count). The summed E-state index contributed by atoms with van der Waals surface area (Å²) in [5, 5.41) is 21.2. The van der Waals surface area contributed by atoms with Crippen LogP contribution in [-0.4, -0.2) is 56.3 Å². The Morgan fingerprint density at radius 3 is 2.72 bits per heavy atom. The summed E-state index contributed by atoms with van der Waals surface area (Å²) in [6.45, 7) is 4.30. The van der Waals surface area contributed by atoms with Gasteiger partial charge < -0.3 is 15.3 Å². The lowest BCUT2D eigenvalue weighted by Crippen LogP contribution is -2.61. The molecule has 7 nitrogen and oxygen atoms in total. The third kappa shape index (κ3) is 2.97. The fraction of sp³-hybridized carbons (Fsp3) is 0.409. The molecular weight excluding hydrogens is 366 g/mol. The number of nitrogens with one attached hydrogen (secondary N) is 2. The number of H-pyrrole nitrogens is 1. The van der Waals surface area contributed by atoms with Crippen LogP contribution in [-0.2, 0) is 0 Å². The van der Waals surface area contributed by atoms with E-state index in [9.17, 15) is 9.90 Å². The van der Waals surface area contributed by atoms with Crippen molar-refractivity contribution < 1.29 is 9.90 Å². The quantitative estimate of drug-likeness (QED) is 0.624. The molecule has 2 fully saturated rings. The number of pyridine rings is 1. The Kier molecular flexibility index (Phi) is 4.28. The molecular formula is C22H25N5O2. The molecule has 0 bridgehead atoms. The third-order valence-corrected chi connectivity index (χ3v) is 6.42. The van der Waals surface area contributed by atoms with Gasteiger partial charge in [0, 0.05) is 25.2 Å². The standard InChI is InChI=1S/C22H25N5O2/c1-14-19-17(21(29)27-11-10-23-13-22(27)8-2-3-9-22)12-18(24-20(19)26-25-14)15-4-6-16(28)7-5-15/h4-7,12,23,28H,2-3,8-11,13H2,1H3,(H,24,25,26). The summed E-state index contributed by atoms with van der Waals surface area (Å²) in [7, 11) is 0. The molecule has 0 unspecified atom stereocenters. The second-order valence-corrected chi connectivity index (χ2v) is 8.20. The number of hydrogen-bond donors (Lipinski definition) is 3. The molecule has 1 saturated carbocycles. The maximum atomic E-state index is 13.9. The minimum Gasteiger partial charge on any atom is -0.508 e. The van der Waals surface area contributed by atoms with Gasteiger partial charge in [-0.3, -0.25) is 9.89 Å². The normalized spacial score (nSPS) is 18.6. The zero-order chi connectivity index (χ0) is 20.0. The number of amides is 1. The molecule has 1 aliphatic heterocycles. The van der Waals surface area contributed by atoms with Crippen LogP contribution in [0.4, 0.5) is 0 Å². The van der Waals surface area contributed by atoms with Gasteiger partial charge >= 0.3 is 0 Å². The highest BCUT2D eigenvalue weighted by Crippen LogP contribution is 2.38. The number of carbonyl (C=O) groups is 1. The largest absolute Gasteiger partial charge is 0.508 e. The van der Waals surface area contributed by atoms with Crippen molar-refractivity contribution >= 4 is 16.9 Å². The van der Waals surface area contributed by atoms with Gasteiger partial charge in [-0.2, -0.15) is 5.10 Å². The first-order valence-electron chi connectivity index (χ1n) is 10.3. The molecule has 3 aromatic rings. The van der Waals surface area contributed by atoms with Crippen molar-refractivity contribution in [2.75, 3.05) is 19.6 Å². The number of piperazine rings is 1. The molecule has 29 heavy (non-hydrogen) atoms. The lowest BCUT2D eigenvalue weighted by atomic mass is 9.91. The van der Waals surface area contributed by atoms with E-state index in [1.165, 1.54) is 12.8 Å². The fourth-order valence-electron chi connectivity index (χ4n) is 4.92. The summed E-state index contributed by atoms with van der Waals surface area (Å²) in [5.74, 6) is 0.262. The van der Waals surface area contributed by atoms with Gasteiger partial charge in [0.2, 0.25) is 0 Å². The Balaban J connectivity index is 1.64. The second-order valence-electron chi connectivity index (χ2n) is 8.20. The highest BCUT2D eigenvalue weighted by Gasteiger charge is 2.44. The van der Waals surface area contributed by atoms with Crippen LogP contribution in [0.1, 0.15) is 41.7 Å². The van der Waals surface area contributed by atoms with E-state index < -0.39 is 0 Å². The number of aromatic amines is 1. The van der Waals surface area contributed by atoms with Gasteiger partial charge in [0.05, 0.1) is 27.9 Å². The van der Waals surface area contributed by atoms with Gasteiger partial charge in [-0.05, 0) is 50.1 Å². The van der Waals surface area contributed by atoms with Gasteiger partial charge in [0.25, 0.3) is 5.91 Å². The van der Waals surface area contributed by atoms with Gasteiger partial charge in [-0.25, -0.2) is 4.98 Å². The molecule has 2 aromatic heterocycles. The predicted octanol–water partition coefficient (Wildman–Crippen LogP) is 3.00. The summed E-state index contributed by atoms with van der Waals surface area (Å²) in [4.78, 5) is 20.6. The van der Waals surface area contributed by atoms with Crippen molar-refractivity contribution in [1.82, 2.24) is 25.4 Å². The number of phenolic OH excluding ortho intramolecular Hbond substituents is 1. The molecule has 3 heterocycles. The monoisotopic (exact) mass is 391 g/mol. The van der Waals surface area contributed by atoms with Crippen LogP contribution in [0.3, 0.4) is 0 Å². The minimum atomic E-state index is -0.0821. The molecule has 2 aliphatic rings. The Labute approximate surface area is 169 Å². The lowest BCUT2D eigenvalue weighted by molar-refractivity contribution is 0.0392. The summed E-state index contributed by atoms with van der Waals surface area (Å²) >= 11 is 0. The smallest absolute Gasteiger partial charge is 0.255 e. The molecule has 0 radical (unpaired) electrons. The number of hydrogen-bond acceptors (Lipinski definition) is 5. The lowest BCUT2D eigenvalue weighted by Gasteiger charge is -2.45. The number of aromatic nitrogens is 3. The van der Waals surface area contributed by atoms with Crippen LogP contribution in [0.25, 0.3) is 22.3 Å². The highest BCUT2D eigenvalue weighted by molar-refractivity contribution is 6.07. The number of fused-ring (bicyclic) bond motifs is 1. The van der Waals surface area contributed by atoms with Crippen LogP contribution < -0.4 is 5.32 Å². The summed E-state index contributed by atoms with van der Waals surface area (Å²) in [5.41, 5.74) is 3.51. The maximum absolute atomic E-state index is 13.9. The number of nitrogens with zero attached hydrogens (tertiary/aromatic N) is 3. The molecule has 1 aromatic carbocycles. The van der Waals surface area contributed by atoms with Crippen LogP contribution in [0.2, 0.25) is 0 Å². The second kappa shape index (κ2) is 6.84. The van der Waals surface area contributed by atoms with E-state index in [0.717, 1.165) is 42.6 Å². The van der Waals surface area contributed by atoms with Gasteiger partial charge in [-0.15, -0.1) is 0 Å². The van der Waals surface area contributed by atoms with Crippen molar-refractivity contribution in [3.8, 4) is 17.0 Å². The third-order valence-electron chi connectivity index (χ3n) is 6.42. The van der Waals surface area contributed by atoms with Crippen molar-refractivity contribution in [1.29, 1.82) is 0 Å². The summed E-state index contributed by atoms with van der Waals surface area (Å²) < 4.78 is 0. The first-order chi connectivity index (χ1) is 14.1. The SMILES string of the molecule is Cc1n[nH]c2nc(-c3ccc(O)cc3)cc(C(=O)N3CCNCC34CCCC4)c12. The Hall–Kier alpha value is -2.93. The van der Waals surface area contributed by atoms with Crippen molar-refractivity contribution in [3.63, 3.8) is 0 Å². The van der Waals surface area contributed by atoms with Gasteiger partial charge in [-0.1, -0.05) is 12.8 Å². The van der Waals surface area contributed by atoms with Crippen LogP contribution >= 0.6 is 0 Å². The van der Waals surface area contributed by atoms with E-state index in [2.05, 4.69) is 20.4 Å². The predicted molar refractivity (Wildman–Crippen MR) is 111 cm³/mol. The average Bonchev–Trinajstić information content (AvgIpc) is 3.35. The van der Waals surface area contributed by atoms with E-state index in [1.54, 1.807) is 12.1 Å². The Morgan fingerprint density at radius 2 is 1.97 bits per heavy atom. The fourth-order valence-corrected chi connectivity index (χ4v) is 4.92. The number of aryl methyl sites for hydroxylation is 1. The molecule has 150 valence electrons. The zero-order valence-corrected chi connectivity index (χ0v) is 16.5. The molecule has 0 atom stereocenters. The summed E-state index contributed by atoms with van der Waals surface area (Å²) in [6.07, 6.45) is 4.44. The van der Waals surface area contributed by atoms with Crippen molar-refractivity contribution in [2.45, 2.75) is 38.1 Å². The molecule has 1 amide bonds. The molecule has 7 heteroatoms. The Bertz CT molecular complexity index is 1070. The maximum Gasteiger partial charge on any atom is 0.255 e. The van der Waals surface area contributed by atoms with E-state index in [-0.39, 0.29) is 17.2 Å². The number of benzene rings is 1. The first kappa shape index (κ1) is 18.1. The van der Waals surface area contributed by atoms with E-state index in [1.807, 2.05) is 25.1 Å². The van der Waals surface area contributed by atoms with Crippen LogP contribution in [0.5, 0.6) is 5.75 Å². The van der Waals surface area contributed by atoms with Gasteiger partial charge in [0.15, 0.2) is 5.65 Å². The Morgan fingerprint density at radius 1 is 1.21 bits per heavy atom. The number of phenols is 1. The molecule has 3 N–H and O–H groups in total. The number of rotatable bonds is 2. The molecule has 1 spiro atoms. The molecule has 1 saturated heterocycles. The van der Waals surface area contributed by atoms with Gasteiger partial charge in [0.1, 0.15) is 5.75 Å². The van der Waals surface area contributed by atoms with Crippen molar-refractivity contribution in [2.24, 2.45) is 0 Å². The number of aromatic hydroxyl groups is 1. The van der Waals surface area contributed by atoms with E-state index in [0.29, 0.717) is 23.4 Å². The average molecular weight is 391 g/mol. The van der Waals surface area contributed by atoms with Crippen LogP contribution in [0.15, 0.2) is 30.3 Å². The minimum absolute atomic E-state index is 0.0605. The zero-order valence-electron chi connectivity index (χ0n) is 16.5. The van der Waals surface area contributed by atoms with Crippen molar-refractivity contribution in [3.05, 3.63) is 41.6 Å². The topological polar surface area (TPSA) is 94.1 Å². The number of carbonyl (C=O) groups excluding carboxylic acids is 1.